The molecule has 4 aromatic rings. The molecule has 0 bridgehead atoms. The van der Waals surface area contributed by atoms with Crippen molar-refractivity contribution in [2.45, 2.75) is 52.9 Å². The molecule has 2 aliphatic rings. The van der Waals surface area contributed by atoms with Gasteiger partial charge in [-0.1, -0.05) is 22.4 Å². The summed E-state index contributed by atoms with van der Waals surface area (Å²) in [5, 5.41) is 8.15. The maximum absolute atomic E-state index is 11.9. The van der Waals surface area contributed by atoms with E-state index >= 15 is 0 Å². The average Bonchev–Trinajstić information content (AvgIpc) is 3.82. The molecule has 52 heavy (non-hydrogen) atoms. The first kappa shape index (κ1) is 38.0. The van der Waals surface area contributed by atoms with Gasteiger partial charge in [-0.25, -0.2) is 9.59 Å². The topological polar surface area (TPSA) is 162 Å². The highest BCUT2D eigenvalue weighted by Crippen LogP contribution is 2.24. The summed E-state index contributed by atoms with van der Waals surface area (Å²) >= 11 is 0. The largest absolute Gasteiger partial charge is 0.497 e. The molecule has 0 N–H and O–H groups in total. The van der Waals surface area contributed by atoms with E-state index in [0.29, 0.717) is 62.8 Å². The van der Waals surface area contributed by atoms with Crippen LogP contribution in [0.3, 0.4) is 0 Å². The zero-order chi connectivity index (χ0) is 37.0. The lowest BCUT2D eigenvalue weighted by Crippen LogP contribution is -2.53. The SMILES string of the molecule is CCOC(=O)N1CCN(Cc2noc(-c3cccc(OC)c3)n2)CC1C.CCOC(=O)N1CCN(Cc2noc(-c3cccc(OC)c3)n2)CC1C. The standard InChI is InChI=1S/2C18H24N4O4/c2*1-4-25-18(23)22-9-8-21(11-13(22)2)12-16-19-17(26-20-16)14-6-5-7-15(10-14)24-3/h2*5-7,10,13H,4,8-9,11-12H2,1-3H3. The highest BCUT2D eigenvalue weighted by atomic mass is 16.6. The molecule has 0 spiro atoms. The van der Waals surface area contributed by atoms with Gasteiger partial charge in [-0.05, 0) is 64.1 Å². The van der Waals surface area contributed by atoms with Gasteiger partial charge in [0.1, 0.15) is 11.5 Å². The molecule has 2 amide bonds. The van der Waals surface area contributed by atoms with Crippen LogP contribution in [0, 0.1) is 0 Å². The summed E-state index contributed by atoms with van der Waals surface area (Å²) in [5.41, 5.74) is 1.65. The smallest absolute Gasteiger partial charge is 0.410 e. The van der Waals surface area contributed by atoms with Gasteiger partial charge in [0.2, 0.25) is 0 Å². The predicted octanol–water partition coefficient (Wildman–Crippen LogP) is 4.82. The molecule has 2 fully saturated rings. The molecule has 0 radical (unpaired) electrons. The molecule has 16 heteroatoms. The van der Waals surface area contributed by atoms with Crippen LogP contribution in [0.4, 0.5) is 9.59 Å². The summed E-state index contributed by atoms with van der Waals surface area (Å²) in [6, 6.07) is 15.2. The van der Waals surface area contributed by atoms with E-state index in [2.05, 4.69) is 30.1 Å². The van der Waals surface area contributed by atoms with Crippen molar-refractivity contribution in [2.75, 3.05) is 66.7 Å². The Kier molecular flexibility index (Phi) is 13.4. The monoisotopic (exact) mass is 720 g/mol. The van der Waals surface area contributed by atoms with Crippen molar-refractivity contribution >= 4 is 12.2 Å². The maximum atomic E-state index is 11.9. The first-order chi connectivity index (χ1) is 25.2. The Balaban J connectivity index is 0.000000201. The molecular formula is C36H48N8O8. The number of nitrogens with zero attached hydrogens (tertiary/aromatic N) is 8. The van der Waals surface area contributed by atoms with E-state index in [-0.39, 0.29) is 24.3 Å². The van der Waals surface area contributed by atoms with Crippen molar-refractivity contribution in [1.29, 1.82) is 0 Å². The zero-order valence-corrected chi connectivity index (χ0v) is 30.7. The van der Waals surface area contributed by atoms with Gasteiger partial charge in [-0.3, -0.25) is 9.80 Å². The van der Waals surface area contributed by atoms with Crippen LogP contribution in [0.25, 0.3) is 22.9 Å². The van der Waals surface area contributed by atoms with Crippen LogP contribution in [-0.2, 0) is 22.6 Å². The van der Waals surface area contributed by atoms with Gasteiger partial charge in [0, 0.05) is 62.5 Å². The third-order valence-electron chi connectivity index (χ3n) is 8.73. The fourth-order valence-electron chi connectivity index (χ4n) is 6.09. The summed E-state index contributed by atoms with van der Waals surface area (Å²) in [6.07, 6.45) is -0.501. The van der Waals surface area contributed by atoms with E-state index in [9.17, 15) is 9.59 Å². The summed E-state index contributed by atoms with van der Waals surface area (Å²) in [7, 11) is 3.24. The van der Waals surface area contributed by atoms with Crippen LogP contribution in [0.5, 0.6) is 11.5 Å². The van der Waals surface area contributed by atoms with Crippen LogP contribution >= 0.6 is 0 Å². The van der Waals surface area contributed by atoms with Crippen molar-refractivity contribution in [3.63, 3.8) is 0 Å². The summed E-state index contributed by atoms with van der Waals surface area (Å²) in [6.45, 7) is 13.8. The van der Waals surface area contributed by atoms with Gasteiger partial charge in [0.05, 0.1) is 40.5 Å². The number of methoxy groups -OCH3 is 2. The Morgan fingerprint density at radius 3 is 1.48 bits per heavy atom. The molecule has 0 aliphatic carbocycles. The maximum Gasteiger partial charge on any atom is 0.410 e. The van der Waals surface area contributed by atoms with E-state index in [1.165, 1.54) is 0 Å². The first-order valence-electron chi connectivity index (χ1n) is 17.5. The van der Waals surface area contributed by atoms with Crippen LogP contribution in [0.2, 0.25) is 0 Å². The second-order valence-corrected chi connectivity index (χ2v) is 12.4. The molecule has 2 atom stereocenters. The number of carbonyl (C=O) groups is 2. The first-order valence-corrected chi connectivity index (χ1v) is 17.5. The lowest BCUT2D eigenvalue weighted by Gasteiger charge is -2.38. The number of benzene rings is 2. The summed E-state index contributed by atoms with van der Waals surface area (Å²) in [4.78, 5) is 40.7. The van der Waals surface area contributed by atoms with Crippen LogP contribution < -0.4 is 9.47 Å². The highest BCUT2D eigenvalue weighted by molar-refractivity contribution is 5.68. The fraction of sp³-hybridized carbons (Fsp3) is 0.500. The highest BCUT2D eigenvalue weighted by Gasteiger charge is 2.30. The Bertz CT molecular complexity index is 1620. The normalized spacial score (nSPS) is 18.0. The van der Waals surface area contributed by atoms with Gasteiger partial charge in [-0.2, -0.15) is 9.97 Å². The van der Waals surface area contributed by atoms with Crippen molar-refractivity contribution in [3.05, 3.63) is 60.2 Å². The quantitative estimate of drug-likeness (QED) is 0.219. The van der Waals surface area contributed by atoms with Gasteiger partial charge < -0.3 is 37.8 Å². The number of carbonyl (C=O) groups excluding carboxylic acids is 2. The lowest BCUT2D eigenvalue weighted by molar-refractivity contribution is 0.0504. The summed E-state index contributed by atoms with van der Waals surface area (Å²) < 4.78 is 31.4. The van der Waals surface area contributed by atoms with E-state index in [1.54, 1.807) is 24.0 Å². The molecule has 2 saturated heterocycles. The Morgan fingerprint density at radius 2 is 1.12 bits per heavy atom. The number of aromatic nitrogens is 4. The van der Waals surface area contributed by atoms with Crippen molar-refractivity contribution < 1.29 is 37.6 Å². The number of rotatable bonds is 10. The van der Waals surface area contributed by atoms with E-state index in [4.69, 9.17) is 28.0 Å². The van der Waals surface area contributed by atoms with Crippen molar-refractivity contribution in [3.8, 4) is 34.4 Å². The number of ether oxygens (including phenoxy) is 4. The molecule has 2 aromatic heterocycles. The molecular weight excluding hydrogens is 672 g/mol. The minimum atomic E-state index is -0.250. The van der Waals surface area contributed by atoms with Gasteiger partial charge in [0.15, 0.2) is 11.6 Å². The van der Waals surface area contributed by atoms with E-state index in [1.807, 2.05) is 76.2 Å². The van der Waals surface area contributed by atoms with Gasteiger partial charge in [0.25, 0.3) is 11.8 Å². The third-order valence-corrected chi connectivity index (χ3v) is 8.73. The number of hydrogen-bond acceptors (Lipinski definition) is 14. The third kappa shape index (κ3) is 9.97. The van der Waals surface area contributed by atoms with E-state index < -0.39 is 0 Å². The molecule has 4 heterocycles. The van der Waals surface area contributed by atoms with Crippen LogP contribution in [0.15, 0.2) is 57.6 Å². The van der Waals surface area contributed by atoms with Crippen LogP contribution in [0.1, 0.15) is 39.3 Å². The average molecular weight is 721 g/mol. The molecule has 2 aromatic carbocycles. The second kappa shape index (κ2) is 18.3. The van der Waals surface area contributed by atoms with Crippen LogP contribution in [-0.4, -0.2) is 131 Å². The molecule has 16 nitrogen and oxygen atoms in total. The van der Waals surface area contributed by atoms with Gasteiger partial charge >= 0.3 is 12.2 Å². The summed E-state index contributed by atoms with van der Waals surface area (Å²) in [5.74, 6) is 3.67. The Morgan fingerprint density at radius 1 is 0.692 bits per heavy atom. The number of amides is 2. The lowest BCUT2D eigenvalue weighted by atomic mass is 10.2. The van der Waals surface area contributed by atoms with E-state index in [0.717, 1.165) is 48.8 Å². The Hall–Kier alpha value is -5.22. The second-order valence-electron chi connectivity index (χ2n) is 12.4. The minimum Gasteiger partial charge on any atom is -0.497 e. The molecule has 280 valence electrons. The van der Waals surface area contributed by atoms with Crippen molar-refractivity contribution in [2.24, 2.45) is 0 Å². The molecule has 0 saturated carbocycles. The zero-order valence-electron chi connectivity index (χ0n) is 30.7. The number of hydrogen-bond donors (Lipinski definition) is 0. The van der Waals surface area contributed by atoms with Crippen molar-refractivity contribution in [1.82, 2.24) is 39.9 Å². The van der Waals surface area contributed by atoms with Gasteiger partial charge in [-0.15, -0.1) is 0 Å². The fourth-order valence-corrected chi connectivity index (χ4v) is 6.09. The Labute approximate surface area is 303 Å². The molecule has 2 unspecified atom stereocenters. The molecule has 6 rings (SSSR count). The predicted molar refractivity (Wildman–Crippen MR) is 190 cm³/mol. The minimum absolute atomic E-state index is 0.0764. The molecule has 2 aliphatic heterocycles. The number of piperazine rings is 2.